The molecule has 0 aromatic carbocycles. The zero-order valence-corrected chi connectivity index (χ0v) is 11.4. The Morgan fingerprint density at radius 1 is 1.39 bits per heavy atom. The van der Waals surface area contributed by atoms with E-state index in [0.29, 0.717) is 6.61 Å². The summed E-state index contributed by atoms with van der Waals surface area (Å²) in [5.41, 5.74) is 0.0956. The second-order valence-electron chi connectivity index (χ2n) is 5.04. The van der Waals surface area contributed by atoms with E-state index in [1.807, 2.05) is 0 Å². The molecule has 0 unspecified atom stereocenters. The molecule has 0 spiro atoms. The van der Waals surface area contributed by atoms with E-state index in [9.17, 15) is 0 Å². The number of nitrogens with one attached hydrogen (secondary N) is 1. The van der Waals surface area contributed by atoms with Gasteiger partial charge in [0.15, 0.2) is 5.82 Å². The highest BCUT2D eigenvalue weighted by Crippen LogP contribution is 2.36. The number of methoxy groups -OCH3 is 1. The first-order valence-corrected chi connectivity index (χ1v) is 6.83. The van der Waals surface area contributed by atoms with Crippen molar-refractivity contribution in [3.63, 3.8) is 0 Å². The van der Waals surface area contributed by atoms with Gasteiger partial charge in [-0.25, -0.2) is 0 Å². The molecule has 0 saturated carbocycles. The van der Waals surface area contributed by atoms with Crippen molar-refractivity contribution in [1.82, 2.24) is 15.5 Å². The molecule has 2 rings (SSSR count). The Labute approximate surface area is 108 Å². The molecule has 0 bridgehead atoms. The minimum absolute atomic E-state index is 0.0956. The number of ether oxygens (including phenoxy) is 1. The highest BCUT2D eigenvalue weighted by atomic mass is 16.5. The van der Waals surface area contributed by atoms with E-state index >= 15 is 0 Å². The molecule has 2 heterocycles. The van der Waals surface area contributed by atoms with Gasteiger partial charge in [0.1, 0.15) is 0 Å². The number of rotatable bonds is 6. The highest BCUT2D eigenvalue weighted by Gasteiger charge is 2.38. The minimum Gasteiger partial charge on any atom is -0.384 e. The maximum absolute atomic E-state index is 5.51. The van der Waals surface area contributed by atoms with Crippen LogP contribution in [0.25, 0.3) is 0 Å². The molecule has 5 nitrogen and oxygen atoms in total. The van der Waals surface area contributed by atoms with Crippen molar-refractivity contribution in [2.75, 3.05) is 26.8 Å². The van der Waals surface area contributed by atoms with Crippen molar-refractivity contribution in [1.29, 1.82) is 0 Å². The van der Waals surface area contributed by atoms with E-state index in [-0.39, 0.29) is 5.41 Å². The number of piperidine rings is 1. The molecule has 0 radical (unpaired) electrons. The molecule has 102 valence electrons. The predicted octanol–water partition coefficient (Wildman–Crippen LogP) is 1.68. The first kappa shape index (κ1) is 13.5. The van der Waals surface area contributed by atoms with E-state index < -0.39 is 0 Å². The number of hydrogen-bond donors (Lipinski definition) is 1. The fourth-order valence-corrected chi connectivity index (χ4v) is 2.72. The van der Waals surface area contributed by atoms with Crippen LogP contribution < -0.4 is 5.32 Å². The average molecular weight is 253 g/mol. The van der Waals surface area contributed by atoms with E-state index in [1.165, 1.54) is 0 Å². The first-order chi connectivity index (χ1) is 8.80. The van der Waals surface area contributed by atoms with Crippen LogP contribution >= 0.6 is 0 Å². The fraction of sp³-hybridized carbons (Fsp3) is 0.846. The van der Waals surface area contributed by atoms with E-state index in [4.69, 9.17) is 9.26 Å². The molecular weight excluding hydrogens is 230 g/mol. The SMILES string of the molecule is CCCC1(c2nc(CCOC)no2)CCNCC1. The number of hydrogen-bond acceptors (Lipinski definition) is 5. The second-order valence-corrected chi connectivity index (χ2v) is 5.04. The summed E-state index contributed by atoms with van der Waals surface area (Å²) in [4.78, 5) is 4.58. The van der Waals surface area contributed by atoms with Gasteiger partial charge in [0.2, 0.25) is 5.89 Å². The second kappa shape index (κ2) is 6.29. The highest BCUT2D eigenvalue weighted by molar-refractivity contribution is 5.07. The lowest BCUT2D eigenvalue weighted by atomic mass is 9.75. The largest absolute Gasteiger partial charge is 0.384 e. The lowest BCUT2D eigenvalue weighted by Gasteiger charge is -2.34. The Hall–Kier alpha value is -0.940. The van der Waals surface area contributed by atoms with Gasteiger partial charge in [-0.15, -0.1) is 0 Å². The van der Waals surface area contributed by atoms with Crippen molar-refractivity contribution < 1.29 is 9.26 Å². The summed E-state index contributed by atoms with van der Waals surface area (Å²) in [6, 6.07) is 0. The van der Waals surface area contributed by atoms with Crippen molar-refractivity contribution in [2.24, 2.45) is 0 Å². The molecule has 1 fully saturated rings. The van der Waals surface area contributed by atoms with Crippen LogP contribution in [0.1, 0.15) is 44.3 Å². The lowest BCUT2D eigenvalue weighted by molar-refractivity contribution is 0.198. The van der Waals surface area contributed by atoms with Crippen molar-refractivity contribution in [3.8, 4) is 0 Å². The Balaban J connectivity index is 2.12. The van der Waals surface area contributed by atoms with Crippen molar-refractivity contribution >= 4 is 0 Å². The summed E-state index contributed by atoms with van der Waals surface area (Å²) in [6.45, 7) is 4.93. The molecule has 0 aliphatic carbocycles. The molecule has 0 amide bonds. The molecule has 1 saturated heterocycles. The predicted molar refractivity (Wildman–Crippen MR) is 68.6 cm³/mol. The van der Waals surface area contributed by atoms with Gasteiger partial charge in [0, 0.05) is 13.5 Å². The maximum atomic E-state index is 5.51. The van der Waals surface area contributed by atoms with Crippen LogP contribution in [0.4, 0.5) is 0 Å². The van der Waals surface area contributed by atoms with Crippen LogP contribution in [-0.2, 0) is 16.6 Å². The third-order valence-corrected chi connectivity index (χ3v) is 3.74. The van der Waals surface area contributed by atoms with Gasteiger partial charge in [0.05, 0.1) is 12.0 Å². The minimum atomic E-state index is 0.0956. The number of nitrogens with zero attached hydrogens (tertiary/aromatic N) is 2. The summed E-state index contributed by atoms with van der Waals surface area (Å²) in [5.74, 6) is 1.60. The van der Waals surface area contributed by atoms with Gasteiger partial charge >= 0.3 is 0 Å². The smallest absolute Gasteiger partial charge is 0.232 e. The Bertz CT molecular complexity index is 353. The summed E-state index contributed by atoms with van der Waals surface area (Å²) in [5, 5.41) is 7.47. The lowest BCUT2D eigenvalue weighted by Crippen LogP contribution is -2.40. The van der Waals surface area contributed by atoms with Gasteiger partial charge in [-0.3, -0.25) is 0 Å². The number of aromatic nitrogens is 2. The van der Waals surface area contributed by atoms with Gasteiger partial charge < -0.3 is 14.6 Å². The zero-order valence-electron chi connectivity index (χ0n) is 11.4. The van der Waals surface area contributed by atoms with Crippen LogP contribution in [0.15, 0.2) is 4.52 Å². The topological polar surface area (TPSA) is 60.2 Å². The molecule has 5 heteroatoms. The van der Waals surface area contributed by atoms with Crippen LogP contribution in [0.3, 0.4) is 0 Å². The van der Waals surface area contributed by atoms with Gasteiger partial charge in [-0.05, 0) is 32.4 Å². The molecule has 1 N–H and O–H groups in total. The quantitative estimate of drug-likeness (QED) is 0.836. The Morgan fingerprint density at radius 2 is 2.17 bits per heavy atom. The maximum Gasteiger partial charge on any atom is 0.232 e. The first-order valence-electron chi connectivity index (χ1n) is 6.83. The fourth-order valence-electron chi connectivity index (χ4n) is 2.72. The molecule has 0 atom stereocenters. The average Bonchev–Trinajstić information content (AvgIpc) is 2.87. The summed E-state index contributed by atoms with van der Waals surface area (Å²) >= 11 is 0. The van der Waals surface area contributed by atoms with Crippen LogP contribution in [-0.4, -0.2) is 36.9 Å². The van der Waals surface area contributed by atoms with Crippen LogP contribution in [0.2, 0.25) is 0 Å². The van der Waals surface area contributed by atoms with Crippen molar-refractivity contribution in [3.05, 3.63) is 11.7 Å². The molecule has 18 heavy (non-hydrogen) atoms. The van der Waals surface area contributed by atoms with Gasteiger partial charge in [-0.1, -0.05) is 18.5 Å². The molecule has 1 aromatic rings. The summed E-state index contributed by atoms with van der Waals surface area (Å²) in [6.07, 6.45) is 5.18. The molecule has 1 aliphatic heterocycles. The normalized spacial score (nSPS) is 19.0. The summed E-state index contributed by atoms with van der Waals surface area (Å²) in [7, 11) is 1.69. The van der Waals surface area contributed by atoms with E-state index in [1.54, 1.807) is 7.11 Å². The zero-order chi connectivity index (χ0) is 12.8. The van der Waals surface area contributed by atoms with Crippen molar-refractivity contribution in [2.45, 2.75) is 44.4 Å². The van der Waals surface area contributed by atoms with Gasteiger partial charge in [0.25, 0.3) is 0 Å². The Kier molecular flexibility index (Phi) is 4.72. The standard InChI is InChI=1S/C13H23N3O2/c1-3-5-13(6-8-14-9-7-13)12-15-11(16-18-12)4-10-17-2/h14H,3-10H2,1-2H3. The van der Waals surface area contributed by atoms with E-state index in [0.717, 1.165) is 56.9 Å². The molecule has 1 aromatic heterocycles. The van der Waals surface area contributed by atoms with Gasteiger partial charge in [-0.2, -0.15) is 4.98 Å². The molecule has 1 aliphatic rings. The third-order valence-electron chi connectivity index (χ3n) is 3.74. The monoisotopic (exact) mass is 253 g/mol. The van der Waals surface area contributed by atoms with Crippen LogP contribution in [0, 0.1) is 0 Å². The Morgan fingerprint density at radius 3 is 2.83 bits per heavy atom. The summed E-state index contributed by atoms with van der Waals surface area (Å²) < 4.78 is 10.6. The molecular formula is C13H23N3O2. The van der Waals surface area contributed by atoms with Crippen LogP contribution in [0.5, 0.6) is 0 Å². The third kappa shape index (κ3) is 2.90. The van der Waals surface area contributed by atoms with E-state index in [2.05, 4.69) is 22.4 Å².